The van der Waals surface area contributed by atoms with Crippen molar-refractivity contribution >= 4 is 11.3 Å². The summed E-state index contributed by atoms with van der Waals surface area (Å²) >= 11 is 1.64. The summed E-state index contributed by atoms with van der Waals surface area (Å²) in [7, 11) is 0. The Morgan fingerprint density at radius 3 is 2.82 bits per heavy atom. The molecule has 0 aliphatic rings. The lowest BCUT2D eigenvalue weighted by atomic mass is 10.3. The largest absolute Gasteiger partial charge is 0.386 e. The van der Waals surface area contributed by atoms with Crippen molar-refractivity contribution < 1.29 is 5.11 Å². The summed E-state index contributed by atoms with van der Waals surface area (Å²) in [4.78, 5) is 2.27. The maximum atomic E-state index is 9.32. The molecule has 0 aliphatic heterocycles. The van der Waals surface area contributed by atoms with Crippen LogP contribution in [-0.4, -0.2) is 11.7 Å². The van der Waals surface area contributed by atoms with E-state index < -0.39 is 6.10 Å². The van der Waals surface area contributed by atoms with Gasteiger partial charge in [0.05, 0.1) is 0 Å². The Balaban J connectivity index is 2.71. The number of aliphatic hydroxyl groups excluding tert-OH is 1. The van der Waals surface area contributed by atoms with Gasteiger partial charge in [-0.3, -0.25) is 0 Å². The lowest BCUT2D eigenvalue weighted by Crippen LogP contribution is -2.09. The third-order valence-electron chi connectivity index (χ3n) is 1.58. The minimum absolute atomic E-state index is 0.309. The van der Waals surface area contributed by atoms with Gasteiger partial charge >= 0.3 is 0 Å². The summed E-state index contributed by atoms with van der Waals surface area (Å²) in [6.45, 7) is 2.41. The highest BCUT2D eigenvalue weighted by molar-refractivity contribution is 7.12. The zero-order valence-corrected chi connectivity index (χ0v) is 7.40. The van der Waals surface area contributed by atoms with E-state index in [1.54, 1.807) is 11.3 Å². The monoisotopic (exact) mass is 171 g/mol. The van der Waals surface area contributed by atoms with Gasteiger partial charge in [0.2, 0.25) is 0 Å². The second kappa shape index (κ2) is 3.85. The molecular formula is C8H13NOS. The predicted octanol–water partition coefficient (Wildman–Crippen LogP) is 1.30. The topological polar surface area (TPSA) is 46.2 Å². The van der Waals surface area contributed by atoms with Gasteiger partial charge in [0.25, 0.3) is 0 Å². The molecule has 0 bridgehead atoms. The zero-order valence-electron chi connectivity index (χ0n) is 6.58. The highest BCUT2D eigenvalue weighted by Gasteiger charge is 2.06. The molecule has 1 heterocycles. The third kappa shape index (κ3) is 2.02. The molecule has 3 heteroatoms. The van der Waals surface area contributed by atoms with Crippen LogP contribution in [-0.2, 0) is 6.42 Å². The molecule has 1 rings (SSSR count). The van der Waals surface area contributed by atoms with Crippen LogP contribution in [0.2, 0.25) is 0 Å². The molecule has 62 valence electrons. The van der Waals surface area contributed by atoms with E-state index in [0.29, 0.717) is 6.54 Å². The van der Waals surface area contributed by atoms with Crippen LogP contribution in [0, 0.1) is 0 Å². The molecule has 1 aromatic heterocycles. The molecule has 1 aromatic rings. The van der Waals surface area contributed by atoms with Crippen molar-refractivity contribution in [1.82, 2.24) is 0 Å². The standard InChI is InChI=1S/C8H13NOS/c1-2-6-3-4-8(11-6)7(10)5-9/h3-4,7,10H,2,5,9H2,1H3. The highest BCUT2D eigenvalue weighted by atomic mass is 32.1. The molecule has 11 heavy (non-hydrogen) atoms. The van der Waals surface area contributed by atoms with Crippen molar-refractivity contribution in [2.24, 2.45) is 5.73 Å². The Labute approximate surface area is 70.7 Å². The van der Waals surface area contributed by atoms with Gasteiger partial charge in [-0.1, -0.05) is 6.92 Å². The summed E-state index contributed by atoms with van der Waals surface area (Å²) < 4.78 is 0. The Bertz CT molecular complexity index is 222. The summed E-state index contributed by atoms with van der Waals surface area (Å²) in [5.74, 6) is 0. The molecule has 3 N–H and O–H groups in total. The van der Waals surface area contributed by atoms with Crippen LogP contribution in [0.5, 0.6) is 0 Å². The molecule has 0 radical (unpaired) electrons. The number of nitrogens with two attached hydrogens (primary N) is 1. The Morgan fingerprint density at radius 2 is 2.36 bits per heavy atom. The molecule has 2 nitrogen and oxygen atoms in total. The molecule has 0 aromatic carbocycles. The normalized spacial score (nSPS) is 13.4. The molecule has 0 amide bonds. The van der Waals surface area contributed by atoms with Crippen LogP contribution in [0.25, 0.3) is 0 Å². The second-order valence-corrected chi connectivity index (χ2v) is 3.61. The van der Waals surface area contributed by atoms with Crippen LogP contribution in [0.3, 0.4) is 0 Å². The molecule has 0 saturated heterocycles. The fraction of sp³-hybridized carbons (Fsp3) is 0.500. The van der Waals surface area contributed by atoms with Gasteiger partial charge in [-0.15, -0.1) is 11.3 Å². The van der Waals surface area contributed by atoms with Gasteiger partial charge in [0.15, 0.2) is 0 Å². The van der Waals surface area contributed by atoms with Crippen LogP contribution in [0.15, 0.2) is 12.1 Å². The van der Waals surface area contributed by atoms with Gasteiger partial charge < -0.3 is 10.8 Å². The number of aryl methyl sites for hydroxylation is 1. The van der Waals surface area contributed by atoms with Crippen LogP contribution >= 0.6 is 11.3 Å². The molecular weight excluding hydrogens is 158 g/mol. The van der Waals surface area contributed by atoms with E-state index >= 15 is 0 Å². The minimum Gasteiger partial charge on any atom is -0.386 e. The summed E-state index contributed by atoms with van der Waals surface area (Å²) in [6, 6.07) is 3.99. The van der Waals surface area contributed by atoms with Crippen LogP contribution < -0.4 is 5.73 Å². The van der Waals surface area contributed by atoms with E-state index in [2.05, 4.69) is 6.92 Å². The van der Waals surface area contributed by atoms with Crippen LogP contribution in [0.4, 0.5) is 0 Å². The fourth-order valence-electron chi connectivity index (χ4n) is 0.880. The summed E-state index contributed by atoms with van der Waals surface area (Å²) in [5.41, 5.74) is 5.31. The molecule has 0 spiro atoms. The van der Waals surface area contributed by atoms with Crippen molar-refractivity contribution in [2.75, 3.05) is 6.54 Å². The van der Waals surface area contributed by atoms with Gasteiger partial charge in [0.1, 0.15) is 6.10 Å². The first kappa shape index (κ1) is 8.71. The van der Waals surface area contributed by atoms with E-state index in [0.717, 1.165) is 11.3 Å². The smallest absolute Gasteiger partial charge is 0.100 e. The predicted molar refractivity (Wildman–Crippen MR) is 47.7 cm³/mol. The number of aliphatic hydroxyl groups is 1. The molecule has 0 saturated carbocycles. The van der Waals surface area contributed by atoms with E-state index in [4.69, 9.17) is 5.73 Å². The van der Waals surface area contributed by atoms with Gasteiger partial charge in [-0.2, -0.15) is 0 Å². The quantitative estimate of drug-likeness (QED) is 0.720. The van der Waals surface area contributed by atoms with Crippen molar-refractivity contribution in [3.8, 4) is 0 Å². The molecule has 1 atom stereocenters. The van der Waals surface area contributed by atoms with E-state index in [1.165, 1.54) is 4.88 Å². The second-order valence-electron chi connectivity index (χ2n) is 2.41. The van der Waals surface area contributed by atoms with E-state index in [1.807, 2.05) is 12.1 Å². The zero-order chi connectivity index (χ0) is 8.27. The first-order valence-corrected chi connectivity index (χ1v) is 4.56. The lowest BCUT2D eigenvalue weighted by molar-refractivity contribution is 0.190. The van der Waals surface area contributed by atoms with Gasteiger partial charge in [0, 0.05) is 16.3 Å². The first-order chi connectivity index (χ1) is 5.27. The average molecular weight is 171 g/mol. The van der Waals surface area contributed by atoms with Crippen molar-refractivity contribution in [3.63, 3.8) is 0 Å². The maximum Gasteiger partial charge on any atom is 0.100 e. The number of rotatable bonds is 3. The van der Waals surface area contributed by atoms with E-state index in [9.17, 15) is 5.11 Å². The maximum absolute atomic E-state index is 9.32. The number of hydrogen-bond donors (Lipinski definition) is 2. The van der Waals surface area contributed by atoms with Gasteiger partial charge in [-0.05, 0) is 18.6 Å². The SMILES string of the molecule is CCc1ccc(C(O)CN)s1. The third-order valence-corrected chi connectivity index (χ3v) is 2.91. The van der Waals surface area contributed by atoms with Crippen molar-refractivity contribution in [2.45, 2.75) is 19.4 Å². The summed E-state index contributed by atoms with van der Waals surface area (Å²) in [5, 5.41) is 9.32. The average Bonchev–Trinajstić information content (AvgIpc) is 2.50. The van der Waals surface area contributed by atoms with Crippen molar-refractivity contribution in [1.29, 1.82) is 0 Å². The molecule has 0 aliphatic carbocycles. The minimum atomic E-state index is -0.472. The Hall–Kier alpha value is -0.380. The summed E-state index contributed by atoms with van der Waals surface area (Å²) in [6.07, 6.45) is 0.558. The Kier molecular flexibility index (Phi) is 3.05. The number of hydrogen-bond acceptors (Lipinski definition) is 3. The van der Waals surface area contributed by atoms with Gasteiger partial charge in [-0.25, -0.2) is 0 Å². The fourth-order valence-corrected chi connectivity index (χ4v) is 1.83. The van der Waals surface area contributed by atoms with Crippen LogP contribution in [0.1, 0.15) is 22.8 Å². The van der Waals surface area contributed by atoms with E-state index in [-0.39, 0.29) is 0 Å². The Morgan fingerprint density at radius 1 is 1.64 bits per heavy atom. The first-order valence-electron chi connectivity index (χ1n) is 3.74. The molecule has 1 unspecified atom stereocenters. The lowest BCUT2D eigenvalue weighted by Gasteiger charge is -2.02. The molecule has 0 fully saturated rings. The van der Waals surface area contributed by atoms with Crippen molar-refractivity contribution in [3.05, 3.63) is 21.9 Å². The number of thiophene rings is 1. The highest BCUT2D eigenvalue weighted by Crippen LogP contribution is 2.22.